The second kappa shape index (κ2) is 6.50. The van der Waals surface area contributed by atoms with Crippen LogP contribution in [0.5, 0.6) is 0 Å². The third-order valence-corrected chi connectivity index (χ3v) is 7.63. The maximum Gasteiger partial charge on any atom is 0.0684 e. The molecule has 0 aromatic heterocycles. The van der Waals surface area contributed by atoms with E-state index in [-0.39, 0.29) is 5.41 Å². The van der Waals surface area contributed by atoms with Crippen molar-refractivity contribution in [1.82, 2.24) is 0 Å². The van der Waals surface area contributed by atoms with E-state index in [4.69, 9.17) is 4.99 Å². The minimum atomic E-state index is 0.176. The lowest BCUT2D eigenvalue weighted by Gasteiger charge is -2.42. The summed E-state index contributed by atoms with van der Waals surface area (Å²) in [6, 6.07) is 6.40. The van der Waals surface area contributed by atoms with Gasteiger partial charge in [-0.2, -0.15) is 0 Å². The highest BCUT2D eigenvalue weighted by Gasteiger charge is 2.53. The number of benzene rings is 1. The summed E-state index contributed by atoms with van der Waals surface area (Å²) in [5.74, 6) is 1.03. The molecule has 0 fully saturated rings. The molecule has 24 heavy (non-hydrogen) atoms. The molecule has 1 aromatic carbocycles. The topological polar surface area (TPSA) is 12.4 Å². The predicted molar refractivity (Wildman–Crippen MR) is 107 cm³/mol. The van der Waals surface area contributed by atoms with E-state index in [0.717, 1.165) is 5.69 Å². The lowest BCUT2D eigenvalue weighted by Crippen LogP contribution is -2.37. The van der Waals surface area contributed by atoms with Gasteiger partial charge < -0.3 is 0 Å². The van der Waals surface area contributed by atoms with Crippen molar-refractivity contribution < 1.29 is 0 Å². The summed E-state index contributed by atoms with van der Waals surface area (Å²) in [4.78, 5) is 4.91. The smallest absolute Gasteiger partial charge is 0.0684 e. The molecule has 132 valence electrons. The molecule has 4 atom stereocenters. The normalized spacial score (nSPS) is 32.0. The standard InChI is InChI=1S/C23H35N/c1-10-22(8)18(5)19(6)23(9,20(22)7)17(4)14-24-21-15(2)12-11-13-16(21)3/h11-14,17,20H,10H2,1-9H3. The van der Waals surface area contributed by atoms with Crippen LogP contribution in [0.1, 0.15) is 66.0 Å². The van der Waals surface area contributed by atoms with E-state index in [1.165, 1.54) is 17.5 Å². The lowest BCUT2D eigenvalue weighted by atomic mass is 9.62. The van der Waals surface area contributed by atoms with E-state index in [9.17, 15) is 0 Å². The van der Waals surface area contributed by atoms with Gasteiger partial charge in [-0.1, -0.05) is 64.0 Å². The zero-order valence-electron chi connectivity index (χ0n) is 17.1. The molecule has 0 spiro atoms. The third kappa shape index (κ3) is 2.66. The Balaban J connectivity index is 2.39. The maximum atomic E-state index is 4.91. The van der Waals surface area contributed by atoms with Gasteiger partial charge in [0.15, 0.2) is 0 Å². The number of para-hydroxylation sites is 1. The van der Waals surface area contributed by atoms with Crippen LogP contribution in [0.3, 0.4) is 0 Å². The van der Waals surface area contributed by atoms with Crippen LogP contribution < -0.4 is 0 Å². The minimum absolute atomic E-state index is 0.176. The average molecular weight is 326 g/mol. The van der Waals surface area contributed by atoms with Gasteiger partial charge >= 0.3 is 0 Å². The molecule has 1 nitrogen and oxygen atoms in total. The Kier molecular flexibility index (Phi) is 5.14. The molecule has 0 bridgehead atoms. The van der Waals surface area contributed by atoms with Crippen molar-refractivity contribution in [3.63, 3.8) is 0 Å². The minimum Gasteiger partial charge on any atom is -0.260 e. The monoisotopic (exact) mass is 325 g/mol. The Hall–Kier alpha value is -1.37. The van der Waals surface area contributed by atoms with Crippen molar-refractivity contribution in [2.45, 2.75) is 68.7 Å². The predicted octanol–water partition coefficient (Wildman–Crippen LogP) is 7.05. The molecular formula is C23H35N. The molecule has 2 rings (SSSR count). The van der Waals surface area contributed by atoms with E-state index in [1.54, 1.807) is 11.1 Å². The van der Waals surface area contributed by atoms with E-state index < -0.39 is 0 Å². The summed E-state index contributed by atoms with van der Waals surface area (Å²) in [5, 5.41) is 0. The first-order chi connectivity index (χ1) is 11.1. The number of hydrogen-bond acceptors (Lipinski definition) is 1. The van der Waals surface area contributed by atoms with Gasteiger partial charge in [-0.05, 0) is 62.0 Å². The van der Waals surface area contributed by atoms with Gasteiger partial charge in [0.05, 0.1) is 5.69 Å². The first kappa shape index (κ1) is 19.0. The van der Waals surface area contributed by atoms with Crippen LogP contribution in [0, 0.1) is 36.5 Å². The number of aliphatic imine (C=N–C) groups is 1. The number of hydrogen-bond donors (Lipinski definition) is 0. The molecule has 1 heteroatoms. The Morgan fingerprint density at radius 3 is 2.08 bits per heavy atom. The van der Waals surface area contributed by atoms with Crippen molar-refractivity contribution in [1.29, 1.82) is 0 Å². The van der Waals surface area contributed by atoms with Gasteiger partial charge in [0.25, 0.3) is 0 Å². The Labute approximate surface area is 149 Å². The molecule has 0 saturated heterocycles. The fourth-order valence-corrected chi connectivity index (χ4v) is 4.80. The third-order valence-electron chi connectivity index (χ3n) is 7.63. The summed E-state index contributed by atoms with van der Waals surface area (Å²) >= 11 is 0. The Bertz CT molecular complexity index is 661. The molecule has 0 saturated carbocycles. The number of rotatable bonds is 4. The summed E-state index contributed by atoms with van der Waals surface area (Å²) in [6.07, 6.45) is 3.40. The van der Waals surface area contributed by atoms with Gasteiger partial charge in [0, 0.05) is 12.1 Å². The highest BCUT2D eigenvalue weighted by atomic mass is 14.7. The number of aryl methyl sites for hydroxylation is 2. The molecular weight excluding hydrogens is 290 g/mol. The molecule has 0 radical (unpaired) electrons. The SMILES string of the molecule is CCC1(C)C(C)=C(C)C(C)(C(C)C=Nc2c(C)cccc2C)C1C. The molecule has 0 N–H and O–H groups in total. The van der Waals surface area contributed by atoms with Crippen LogP contribution in [0.15, 0.2) is 34.3 Å². The van der Waals surface area contributed by atoms with Crippen molar-refractivity contribution in [2.75, 3.05) is 0 Å². The van der Waals surface area contributed by atoms with Crippen LogP contribution in [0.2, 0.25) is 0 Å². The molecule has 4 unspecified atom stereocenters. The maximum absolute atomic E-state index is 4.91. The van der Waals surface area contributed by atoms with Crippen LogP contribution >= 0.6 is 0 Å². The highest BCUT2D eigenvalue weighted by molar-refractivity contribution is 5.70. The van der Waals surface area contributed by atoms with Crippen molar-refractivity contribution >= 4 is 11.9 Å². The van der Waals surface area contributed by atoms with Crippen molar-refractivity contribution in [3.05, 3.63) is 40.5 Å². The molecule has 1 aliphatic carbocycles. The summed E-state index contributed by atoms with van der Waals surface area (Å²) < 4.78 is 0. The number of nitrogens with zero attached hydrogens (tertiary/aromatic N) is 1. The molecule has 0 amide bonds. The van der Waals surface area contributed by atoms with Gasteiger partial charge in [-0.3, -0.25) is 4.99 Å². The largest absolute Gasteiger partial charge is 0.260 e. The summed E-state index contributed by atoms with van der Waals surface area (Å²) in [7, 11) is 0. The molecule has 0 heterocycles. The Morgan fingerprint density at radius 2 is 1.62 bits per heavy atom. The van der Waals surface area contributed by atoms with Crippen LogP contribution in [0.4, 0.5) is 5.69 Å². The Morgan fingerprint density at radius 1 is 1.08 bits per heavy atom. The fourth-order valence-electron chi connectivity index (χ4n) is 4.80. The van der Waals surface area contributed by atoms with E-state index in [1.807, 2.05) is 0 Å². The van der Waals surface area contributed by atoms with Crippen LogP contribution in [0.25, 0.3) is 0 Å². The first-order valence-electron chi connectivity index (χ1n) is 9.39. The van der Waals surface area contributed by atoms with E-state index in [2.05, 4.69) is 86.7 Å². The molecule has 1 aliphatic rings. The molecule has 0 aliphatic heterocycles. The lowest BCUT2D eigenvalue weighted by molar-refractivity contribution is 0.126. The van der Waals surface area contributed by atoms with Crippen LogP contribution in [-0.2, 0) is 0 Å². The second-order valence-corrected chi connectivity index (χ2v) is 8.33. The van der Waals surface area contributed by atoms with Gasteiger partial charge in [-0.15, -0.1) is 0 Å². The average Bonchev–Trinajstić information content (AvgIpc) is 2.69. The quantitative estimate of drug-likeness (QED) is 0.415. The van der Waals surface area contributed by atoms with E-state index >= 15 is 0 Å². The van der Waals surface area contributed by atoms with Crippen molar-refractivity contribution in [2.24, 2.45) is 27.7 Å². The zero-order chi connectivity index (χ0) is 18.3. The fraction of sp³-hybridized carbons (Fsp3) is 0.609. The van der Waals surface area contributed by atoms with Gasteiger partial charge in [0.2, 0.25) is 0 Å². The second-order valence-electron chi connectivity index (χ2n) is 8.33. The summed E-state index contributed by atoms with van der Waals surface area (Å²) in [5.41, 5.74) is 7.28. The number of allylic oxidation sites excluding steroid dienone is 2. The zero-order valence-corrected chi connectivity index (χ0v) is 17.1. The first-order valence-corrected chi connectivity index (χ1v) is 9.39. The van der Waals surface area contributed by atoms with Gasteiger partial charge in [-0.25, -0.2) is 0 Å². The summed E-state index contributed by atoms with van der Waals surface area (Å²) in [6.45, 7) is 21.0. The molecule has 1 aromatic rings. The van der Waals surface area contributed by atoms with Gasteiger partial charge in [0.1, 0.15) is 0 Å². The van der Waals surface area contributed by atoms with Crippen LogP contribution in [-0.4, -0.2) is 6.21 Å². The van der Waals surface area contributed by atoms with E-state index in [0.29, 0.717) is 17.3 Å². The van der Waals surface area contributed by atoms with Crippen molar-refractivity contribution in [3.8, 4) is 0 Å². The highest BCUT2D eigenvalue weighted by Crippen LogP contribution is 2.61.